The summed E-state index contributed by atoms with van der Waals surface area (Å²) < 4.78 is 1.85. The van der Waals surface area contributed by atoms with Gasteiger partial charge in [0.2, 0.25) is 5.82 Å². The molecule has 28 heavy (non-hydrogen) atoms. The van der Waals surface area contributed by atoms with E-state index in [4.69, 9.17) is 0 Å². The number of H-pyrrole nitrogens is 1. The van der Waals surface area contributed by atoms with E-state index in [-0.39, 0.29) is 17.6 Å². The van der Waals surface area contributed by atoms with E-state index in [1.807, 2.05) is 35.9 Å². The van der Waals surface area contributed by atoms with Crippen LogP contribution in [0, 0.1) is 6.92 Å². The molecule has 2 aromatic heterocycles. The number of nitrogens with zero attached hydrogens (tertiary/aromatic N) is 4. The van der Waals surface area contributed by atoms with E-state index in [9.17, 15) is 4.79 Å². The van der Waals surface area contributed by atoms with Crippen LogP contribution >= 0.6 is 0 Å². The molecule has 3 N–H and O–H groups in total. The highest BCUT2D eigenvalue weighted by Gasteiger charge is 2.37. The Kier molecular flexibility index (Phi) is 4.99. The lowest BCUT2D eigenvalue weighted by Crippen LogP contribution is -3.27. The van der Waals surface area contributed by atoms with E-state index in [1.54, 1.807) is 0 Å². The minimum absolute atomic E-state index is 0.0520. The second-order valence-electron chi connectivity index (χ2n) is 8.22. The van der Waals surface area contributed by atoms with Crippen LogP contribution in [0.15, 0.2) is 29.1 Å². The van der Waals surface area contributed by atoms with Crippen molar-refractivity contribution in [3.8, 4) is 0 Å². The van der Waals surface area contributed by atoms with Crippen LogP contribution in [0.25, 0.3) is 10.9 Å². The molecule has 3 aromatic rings. The van der Waals surface area contributed by atoms with Gasteiger partial charge in [-0.1, -0.05) is 18.2 Å². The van der Waals surface area contributed by atoms with Gasteiger partial charge < -0.3 is 14.8 Å². The van der Waals surface area contributed by atoms with Crippen LogP contribution in [0.2, 0.25) is 0 Å². The third kappa shape index (κ3) is 3.33. The highest BCUT2D eigenvalue weighted by atomic mass is 16.1. The number of hydrogen-bond acceptors (Lipinski definition) is 4. The van der Waals surface area contributed by atoms with Gasteiger partial charge in [-0.25, -0.2) is 4.68 Å². The summed E-state index contributed by atoms with van der Waals surface area (Å²) in [6.45, 7) is 10.2. The van der Waals surface area contributed by atoms with Crippen molar-refractivity contribution in [2.24, 2.45) is 0 Å². The van der Waals surface area contributed by atoms with Crippen molar-refractivity contribution in [1.29, 1.82) is 0 Å². The summed E-state index contributed by atoms with van der Waals surface area (Å²) in [6, 6.07) is 8.07. The SMILES string of the molecule is Cc1cccc2cc([C@@H](c3nnnn3C(C)C)[NH+]3CC[NH+](C)CC3)c(=O)[nH]c12. The summed E-state index contributed by atoms with van der Waals surface area (Å²) in [5.41, 5.74) is 2.66. The second-order valence-corrected chi connectivity index (χ2v) is 8.22. The molecule has 1 aliphatic rings. The first-order valence-electron chi connectivity index (χ1n) is 10.0. The van der Waals surface area contributed by atoms with Crippen LogP contribution in [0.1, 0.15) is 42.9 Å². The normalized spacial score (nSPS) is 21.3. The van der Waals surface area contributed by atoms with E-state index in [1.165, 1.54) is 9.80 Å². The highest BCUT2D eigenvalue weighted by molar-refractivity contribution is 5.82. The second kappa shape index (κ2) is 7.44. The molecule has 8 heteroatoms. The number of aryl methyl sites for hydroxylation is 1. The molecule has 8 nitrogen and oxygen atoms in total. The number of fused-ring (bicyclic) bond motifs is 1. The van der Waals surface area contributed by atoms with Crippen molar-refractivity contribution in [3.05, 3.63) is 51.6 Å². The number of aromatic amines is 1. The van der Waals surface area contributed by atoms with Crippen LogP contribution in [0.4, 0.5) is 0 Å². The Morgan fingerprint density at radius 2 is 1.93 bits per heavy atom. The van der Waals surface area contributed by atoms with Crippen molar-refractivity contribution < 1.29 is 9.80 Å². The Morgan fingerprint density at radius 1 is 1.18 bits per heavy atom. The first-order chi connectivity index (χ1) is 13.5. The Bertz CT molecular complexity index is 1030. The average Bonchev–Trinajstić information content (AvgIpc) is 3.14. The summed E-state index contributed by atoms with van der Waals surface area (Å²) in [6.07, 6.45) is 0. The Balaban J connectivity index is 1.88. The third-order valence-corrected chi connectivity index (χ3v) is 5.85. The fraction of sp³-hybridized carbons (Fsp3) is 0.500. The zero-order chi connectivity index (χ0) is 19.8. The maximum Gasteiger partial charge on any atom is 0.258 e. The first-order valence-corrected chi connectivity index (χ1v) is 10.0. The van der Waals surface area contributed by atoms with Gasteiger partial charge in [0.1, 0.15) is 26.2 Å². The quantitative estimate of drug-likeness (QED) is 0.534. The van der Waals surface area contributed by atoms with E-state index in [0.717, 1.165) is 54.0 Å². The maximum atomic E-state index is 13.2. The monoisotopic (exact) mass is 383 g/mol. The molecule has 0 unspecified atom stereocenters. The lowest BCUT2D eigenvalue weighted by Gasteiger charge is -2.32. The fourth-order valence-corrected chi connectivity index (χ4v) is 4.20. The van der Waals surface area contributed by atoms with Crippen LogP contribution < -0.4 is 15.4 Å². The molecule has 0 saturated carbocycles. The number of hydrogen-bond donors (Lipinski definition) is 3. The number of aromatic nitrogens is 5. The molecule has 0 spiro atoms. The molecule has 4 rings (SSSR count). The lowest BCUT2D eigenvalue weighted by molar-refractivity contribution is -1.02. The van der Waals surface area contributed by atoms with Gasteiger partial charge in [0, 0.05) is 0 Å². The molecule has 1 aromatic carbocycles. The summed E-state index contributed by atoms with van der Waals surface area (Å²) in [5.74, 6) is 0.766. The summed E-state index contributed by atoms with van der Waals surface area (Å²) >= 11 is 0. The molecule has 0 bridgehead atoms. The van der Waals surface area contributed by atoms with Crippen molar-refractivity contribution >= 4 is 10.9 Å². The van der Waals surface area contributed by atoms with Gasteiger partial charge >= 0.3 is 0 Å². The number of quaternary nitrogens is 2. The van der Waals surface area contributed by atoms with E-state index < -0.39 is 0 Å². The number of para-hydroxylation sites is 1. The molecule has 3 heterocycles. The molecular weight excluding hydrogens is 354 g/mol. The van der Waals surface area contributed by atoms with Crippen LogP contribution in [0.5, 0.6) is 0 Å². The lowest BCUT2D eigenvalue weighted by atomic mass is 10.0. The van der Waals surface area contributed by atoms with Crippen LogP contribution in [0.3, 0.4) is 0 Å². The van der Waals surface area contributed by atoms with Gasteiger partial charge in [-0.2, -0.15) is 0 Å². The number of pyridine rings is 1. The van der Waals surface area contributed by atoms with Gasteiger partial charge in [0.15, 0.2) is 6.04 Å². The summed E-state index contributed by atoms with van der Waals surface area (Å²) in [4.78, 5) is 19.1. The zero-order valence-corrected chi connectivity index (χ0v) is 17.0. The number of benzene rings is 1. The molecule has 0 radical (unpaired) electrons. The molecular formula is C20H29N7O+2. The van der Waals surface area contributed by atoms with E-state index >= 15 is 0 Å². The summed E-state index contributed by atoms with van der Waals surface area (Å²) in [5, 5.41) is 13.6. The molecule has 1 fully saturated rings. The Labute approximate surface area is 164 Å². The number of nitrogens with one attached hydrogen (secondary N) is 3. The Morgan fingerprint density at radius 3 is 2.64 bits per heavy atom. The van der Waals surface area contributed by atoms with Crippen molar-refractivity contribution in [3.63, 3.8) is 0 Å². The number of likely N-dealkylation sites (N-methyl/N-ethyl adjacent to an activating group) is 1. The minimum Gasteiger partial charge on any atom is -0.328 e. The number of piperazine rings is 1. The predicted molar refractivity (Wildman–Crippen MR) is 107 cm³/mol. The van der Waals surface area contributed by atoms with Gasteiger partial charge in [-0.3, -0.25) is 4.79 Å². The zero-order valence-electron chi connectivity index (χ0n) is 17.0. The molecule has 1 saturated heterocycles. The standard InChI is InChI=1S/C20H27N7O/c1-13(2)27-19(22-23-24-27)18(26-10-8-25(4)9-11-26)16-12-15-7-5-6-14(3)17(15)21-20(16)28/h5-7,12-13,18H,8-11H2,1-4H3,(H,21,28)/p+2/t18-/m0/s1. The number of tetrazole rings is 1. The highest BCUT2D eigenvalue weighted by Crippen LogP contribution is 2.21. The van der Waals surface area contributed by atoms with Crippen molar-refractivity contribution in [1.82, 2.24) is 25.2 Å². The average molecular weight is 384 g/mol. The van der Waals surface area contributed by atoms with Crippen LogP contribution in [-0.2, 0) is 0 Å². The number of rotatable bonds is 4. The topological polar surface area (TPSA) is 85.3 Å². The van der Waals surface area contributed by atoms with E-state index in [2.05, 4.69) is 41.4 Å². The molecule has 148 valence electrons. The van der Waals surface area contributed by atoms with Crippen molar-refractivity contribution in [2.75, 3.05) is 33.2 Å². The van der Waals surface area contributed by atoms with Crippen LogP contribution in [-0.4, -0.2) is 58.4 Å². The molecule has 1 aliphatic heterocycles. The van der Waals surface area contributed by atoms with Gasteiger partial charge in [-0.15, -0.1) is 5.10 Å². The fourth-order valence-electron chi connectivity index (χ4n) is 4.20. The van der Waals surface area contributed by atoms with Gasteiger partial charge in [0.05, 0.1) is 24.2 Å². The molecule has 1 atom stereocenters. The smallest absolute Gasteiger partial charge is 0.258 e. The van der Waals surface area contributed by atoms with E-state index in [0.29, 0.717) is 0 Å². The molecule has 0 aliphatic carbocycles. The maximum absolute atomic E-state index is 13.2. The molecule has 0 amide bonds. The van der Waals surface area contributed by atoms with Crippen molar-refractivity contribution in [2.45, 2.75) is 32.9 Å². The summed E-state index contributed by atoms with van der Waals surface area (Å²) in [7, 11) is 2.22. The third-order valence-electron chi connectivity index (χ3n) is 5.85. The largest absolute Gasteiger partial charge is 0.328 e. The van der Waals surface area contributed by atoms with Gasteiger partial charge in [0.25, 0.3) is 5.56 Å². The minimum atomic E-state index is -0.181. The Hall–Kier alpha value is -2.58. The predicted octanol–water partition coefficient (Wildman–Crippen LogP) is -1.09. The van der Waals surface area contributed by atoms with Gasteiger partial charge in [-0.05, 0) is 48.2 Å². The first kappa shape index (κ1) is 18.8.